The Morgan fingerprint density at radius 2 is 2.21 bits per heavy atom. The number of halogens is 1. The van der Waals surface area contributed by atoms with Crippen LogP contribution in [0.5, 0.6) is 5.75 Å². The van der Waals surface area contributed by atoms with Crippen LogP contribution in [-0.4, -0.2) is 13.2 Å². The van der Waals surface area contributed by atoms with E-state index >= 15 is 0 Å². The summed E-state index contributed by atoms with van der Waals surface area (Å²) in [5.41, 5.74) is 0.499. The van der Waals surface area contributed by atoms with Crippen molar-refractivity contribution in [2.45, 2.75) is 26.3 Å². The van der Waals surface area contributed by atoms with E-state index in [-0.39, 0.29) is 11.9 Å². The van der Waals surface area contributed by atoms with Gasteiger partial charge >= 0.3 is 0 Å². The van der Waals surface area contributed by atoms with Gasteiger partial charge < -0.3 is 10.1 Å². The Hall–Kier alpha value is -1.25. The fourth-order valence-corrected chi connectivity index (χ4v) is 1.11. The van der Waals surface area contributed by atoms with Gasteiger partial charge in [0.25, 0.3) is 0 Å². The number of methoxy groups -OCH3 is 1. The molecule has 1 unspecified atom stereocenters. The van der Waals surface area contributed by atoms with Crippen molar-refractivity contribution in [1.82, 2.24) is 0 Å². The van der Waals surface area contributed by atoms with Gasteiger partial charge in [-0.25, -0.2) is 4.39 Å². The molecule has 1 N–H and O–H groups in total. The van der Waals surface area contributed by atoms with Gasteiger partial charge in [-0.1, -0.05) is 6.92 Å². The molecule has 78 valence electrons. The molecule has 2 nitrogen and oxygen atoms in total. The Labute approximate surface area is 84.1 Å². The fraction of sp³-hybridized carbons (Fsp3) is 0.455. The van der Waals surface area contributed by atoms with Gasteiger partial charge in [0, 0.05) is 12.1 Å². The average molecular weight is 197 g/mol. The van der Waals surface area contributed by atoms with E-state index in [9.17, 15) is 4.39 Å². The van der Waals surface area contributed by atoms with Crippen molar-refractivity contribution >= 4 is 5.69 Å². The number of hydrogen-bond donors (Lipinski definition) is 1. The van der Waals surface area contributed by atoms with E-state index in [2.05, 4.69) is 12.2 Å². The monoisotopic (exact) mass is 197 g/mol. The number of rotatable bonds is 4. The molecule has 0 aliphatic heterocycles. The second kappa shape index (κ2) is 4.84. The van der Waals surface area contributed by atoms with Crippen molar-refractivity contribution in [2.75, 3.05) is 12.4 Å². The minimum absolute atomic E-state index is 0.244. The van der Waals surface area contributed by atoms with Gasteiger partial charge in [0.1, 0.15) is 11.6 Å². The van der Waals surface area contributed by atoms with E-state index in [1.165, 1.54) is 6.07 Å². The summed E-state index contributed by atoms with van der Waals surface area (Å²) >= 11 is 0. The highest BCUT2D eigenvalue weighted by Gasteiger charge is 2.05. The first kappa shape index (κ1) is 10.8. The van der Waals surface area contributed by atoms with Crippen LogP contribution in [0.3, 0.4) is 0 Å². The van der Waals surface area contributed by atoms with E-state index in [4.69, 9.17) is 4.74 Å². The van der Waals surface area contributed by atoms with Crippen LogP contribution in [0.1, 0.15) is 20.3 Å². The summed E-state index contributed by atoms with van der Waals surface area (Å²) in [7, 11) is 1.57. The number of benzene rings is 1. The van der Waals surface area contributed by atoms with E-state index < -0.39 is 0 Å². The Balaban J connectivity index is 2.83. The van der Waals surface area contributed by atoms with Gasteiger partial charge in [0.2, 0.25) is 0 Å². The maximum atomic E-state index is 13.3. The van der Waals surface area contributed by atoms with Crippen molar-refractivity contribution in [3.05, 3.63) is 24.0 Å². The van der Waals surface area contributed by atoms with E-state index in [0.717, 1.165) is 6.42 Å². The van der Waals surface area contributed by atoms with Crippen molar-refractivity contribution < 1.29 is 9.13 Å². The SMILES string of the molecule is CCC(C)Nc1cc(OC)ccc1F. The molecule has 0 saturated carbocycles. The molecule has 0 spiro atoms. The Morgan fingerprint density at radius 1 is 1.50 bits per heavy atom. The smallest absolute Gasteiger partial charge is 0.146 e. The predicted octanol–water partition coefficient (Wildman–Crippen LogP) is 3.04. The third-order valence-corrected chi connectivity index (χ3v) is 2.19. The molecule has 3 heteroatoms. The molecule has 0 fully saturated rings. The number of nitrogens with one attached hydrogen (secondary N) is 1. The molecule has 0 heterocycles. The lowest BCUT2D eigenvalue weighted by Crippen LogP contribution is -2.14. The number of ether oxygens (including phenoxy) is 1. The van der Waals surface area contributed by atoms with Gasteiger partial charge in [-0.05, 0) is 25.5 Å². The normalized spacial score (nSPS) is 12.3. The second-order valence-corrected chi connectivity index (χ2v) is 3.30. The number of anilines is 1. The summed E-state index contributed by atoms with van der Waals surface area (Å²) in [6, 6.07) is 4.94. The minimum Gasteiger partial charge on any atom is -0.497 e. The van der Waals surface area contributed by atoms with Crippen LogP contribution in [0.2, 0.25) is 0 Å². The van der Waals surface area contributed by atoms with Gasteiger partial charge in [0.15, 0.2) is 0 Å². The van der Waals surface area contributed by atoms with Crippen molar-refractivity contribution in [3.63, 3.8) is 0 Å². The Kier molecular flexibility index (Phi) is 3.74. The first-order valence-electron chi connectivity index (χ1n) is 4.77. The molecule has 1 aromatic rings. The molecular formula is C11H16FNO. The summed E-state index contributed by atoms with van der Waals surface area (Å²) in [6.07, 6.45) is 0.955. The lowest BCUT2D eigenvalue weighted by molar-refractivity contribution is 0.414. The summed E-state index contributed by atoms with van der Waals surface area (Å²) in [5, 5.41) is 3.08. The van der Waals surface area contributed by atoms with Crippen molar-refractivity contribution in [2.24, 2.45) is 0 Å². The first-order chi connectivity index (χ1) is 6.67. The lowest BCUT2D eigenvalue weighted by Gasteiger charge is -2.14. The summed E-state index contributed by atoms with van der Waals surface area (Å²) in [4.78, 5) is 0. The molecule has 14 heavy (non-hydrogen) atoms. The summed E-state index contributed by atoms with van der Waals surface area (Å²) in [6.45, 7) is 4.06. The highest BCUT2D eigenvalue weighted by Crippen LogP contribution is 2.21. The maximum Gasteiger partial charge on any atom is 0.146 e. The molecule has 0 bridgehead atoms. The minimum atomic E-state index is -0.244. The molecule has 0 aliphatic rings. The summed E-state index contributed by atoms with van der Waals surface area (Å²) < 4.78 is 18.3. The van der Waals surface area contributed by atoms with Gasteiger partial charge in [-0.2, -0.15) is 0 Å². The zero-order valence-corrected chi connectivity index (χ0v) is 8.80. The molecule has 1 atom stereocenters. The van der Waals surface area contributed by atoms with E-state index in [1.54, 1.807) is 19.2 Å². The molecule has 0 aromatic heterocycles. The van der Waals surface area contributed by atoms with E-state index in [0.29, 0.717) is 11.4 Å². The van der Waals surface area contributed by atoms with Crippen LogP contribution in [0.25, 0.3) is 0 Å². The van der Waals surface area contributed by atoms with Crippen LogP contribution < -0.4 is 10.1 Å². The molecular weight excluding hydrogens is 181 g/mol. The maximum absolute atomic E-state index is 13.3. The Bertz CT molecular complexity index is 301. The second-order valence-electron chi connectivity index (χ2n) is 3.30. The lowest BCUT2D eigenvalue weighted by atomic mass is 10.2. The molecule has 0 amide bonds. The van der Waals surface area contributed by atoms with Crippen LogP contribution in [-0.2, 0) is 0 Å². The Morgan fingerprint density at radius 3 is 2.79 bits per heavy atom. The third kappa shape index (κ3) is 2.62. The highest BCUT2D eigenvalue weighted by molar-refractivity contribution is 5.50. The van der Waals surface area contributed by atoms with Crippen LogP contribution >= 0.6 is 0 Å². The van der Waals surface area contributed by atoms with Gasteiger partial charge in [0.05, 0.1) is 12.8 Å². The van der Waals surface area contributed by atoms with Gasteiger partial charge in [-0.15, -0.1) is 0 Å². The summed E-state index contributed by atoms with van der Waals surface area (Å²) in [5.74, 6) is 0.420. The standard InChI is InChI=1S/C11H16FNO/c1-4-8(2)13-11-7-9(14-3)5-6-10(11)12/h5-8,13H,4H2,1-3H3. The molecule has 1 aromatic carbocycles. The zero-order valence-electron chi connectivity index (χ0n) is 8.80. The topological polar surface area (TPSA) is 21.3 Å². The molecule has 0 aliphatic carbocycles. The van der Waals surface area contributed by atoms with Crippen molar-refractivity contribution in [3.8, 4) is 5.75 Å². The largest absolute Gasteiger partial charge is 0.497 e. The molecule has 1 rings (SSSR count). The van der Waals surface area contributed by atoms with Crippen LogP contribution in [0.4, 0.5) is 10.1 Å². The number of hydrogen-bond acceptors (Lipinski definition) is 2. The first-order valence-corrected chi connectivity index (χ1v) is 4.77. The quantitative estimate of drug-likeness (QED) is 0.801. The fourth-order valence-electron chi connectivity index (χ4n) is 1.11. The third-order valence-electron chi connectivity index (χ3n) is 2.19. The average Bonchev–Trinajstić information content (AvgIpc) is 2.21. The van der Waals surface area contributed by atoms with E-state index in [1.807, 2.05) is 6.92 Å². The molecule has 0 saturated heterocycles. The zero-order chi connectivity index (χ0) is 10.6. The highest BCUT2D eigenvalue weighted by atomic mass is 19.1. The van der Waals surface area contributed by atoms with Crippen molar-refractivity contribution in [1.29, 1.82) is 0 Å². The molecule has 0 radical (unpaired) electrons. The predicted molar refractivity (Wildman–Crippen MR) is 56.3 cm³/mol. The van der Waals surface area contributed by atoms with Crippen LogP contribution in [0, 0.1) is 5.82 Å². The van der Waals surface area contributed by atoms with Crippen LogP contribution in [0.15, 0.2) is 18.2 Å². The van der Waals surface area contributed by atoms with Gasteiger partial charge in [-0.3, -0.25) is 0 Å².